The third kappa shape index (κ3) is 4.73. The van der Waals surface area contributed by atoms with Gasteiger partial charge in [0.15, 0.2) is 6.10 Å². The van der Waals surface area contributed by atoms with Gasteiger partial charge in [0.05, 0.1) is 10.5 Å². The van der Waals surface area contributed by atoms with Crippen LogP contribution in [0.15, 0.2) is 63.9 Å². The van der Waals surface area contributed by atoms with E-state index in [4.69, 9.17) is 9.15 Å². The SMILES string of the molecule is CC1CCN(S(=O)(=O)c2ccc(C(=O)OC(C)c3nnc(-c4ccccc4)o3)cc2)CC1. The van der Waals surface area contributed by atoms with E-state index in [1.165, 1.54) is 28.6 Å². The third-order valence-corrected chi connectivity index (χ3v) is 7.48. The van der Waals surface area contributed by atoms with Gasteiger partial charge in [-0.05, 0) is 62.1 Å². The monoisotopic (exact) mass is 455 g/mol. The number of hydrogen-bond acceptors (Lipinski definition) is 7. The zero-order valence-corrected chi connectivity index (χ0v) is 18.8. The van der Waals surface area contributed by atoms with Gasteiger partial charge in [-0.3, -0.25) is 0 Å². The van der Waals surface area contributed by atoms with Crippen LogP contribution < -0.4 is 0 Å². The minimum absolute atomic E-state index is 0.168. The van der Waals surface area contributed by atoms with Crippen LogP contribution in [0.4, 0.5) is 0 Å². The van der Waals surface area contributed by atoms with E-state index < -0.39 is 22.1 Å². The second-order valence-electron chi connectivity index (χ2n) is 7.97. The van der Waals surface area contributed by atoms with E-state index in [9.17, 15) is 13.2 Å². The summed E-state index contributed by atoms with van der Waals surface area (Å²) in [5.41, 5.74) is 1.01. The third-order valence-electron chi connectivity index (χ3n) is 5.56. The Morgan fingerprint density at radius 3 is 2.38 bits per heavy atom. The lowest BCUT2D eigenvalue weighted by atomic mass is 10.0. The number of hydrogen-bond donors (Lipinski definition) is 0. The van der Waals surface area contributed by atoms with Crippen molar-refractivity contribution in [3.8, 4) is 11.5 Å². The smallest absolute Gasteiger partial charge is 0.338 e. The Kier molecular flexibility index (Phi) is 6.38. The fourth-order valence-corrected chi connectivity index (χ4v) is 4.98. The van der Waals surface area contributed by atoms with E-state index in [-0.39, 0.29) is 16.3 Å². The lowest BCUT2D eigenvalue weighted by Gasteiger charge is -2.29. The van der Waals surface area contributed by atoms with Gasteiger partial charge in [0.1, 0.15) is 0 Å². The second-order valence-corrected chi connectivity index (χ2v) is 9.91. The first-order chi connectivity index (χ1) is 15.3. The summed E-state index contributed by atoms with van der Waals surface area (Å²) < 4.78 is 38.2. The molecule has 4 rings (SSSR count). The van der Waals surface area contributed by atoms with Crippen LogP contribution in [0, 0.1) is 5.92 Å². The summed E-state index contributed by atoms with van der Waals surface area (Å²) >= 11 is 0. The normalized spacial score (nSPS) is 16.6. The van der Waals surface area contributed by atoms with Crippen LogP contribution in [0.1, 0.15) is 49.0 Å². The molecule has 0 bridgehead atoms. The predicted octanol–water partition coefficient (Wildman–Crippen LogP) is 4.08. The zero-order chi connectivity index (χ0) is 22.7. The Labute approximate surface area is 187 Å². The maximum atomic E-state index is 12.8. The molecule has 1 aliphatic heterocycles. The Hall–Kier alpha value is -3.04. The van der Waals surface area contributed by atoms with E-state index in [0.717, 1.165) is 18.4 Å². The van der Waals surface area contributed by atoms with E-state index in [1.807, 2.05) is 30.3 Å². The van der Waals surface area contributed by atoms with Crippen molar-refractivity contribution in [2.45, 2.75) is 37.7 Å². The van der Waals surface area contributed by atoms with Crippen molar-refractivity contribution in [2.75, 3.05) is 13.1 Å². The number of ether oxygens (including phenoxy) is 1. The summed E-state index contributed by atoms with van der Waals surface area (Å²) in [5.74, 6) is 0.441. The second kappa shape index (κ2) is 9.22. The average molecular weight is 456 g/mol. The van der Waals surface area contributed by atoms with Crippen molar-refractivity contribution in [1.29, 1.82) is 0 Å². The zero-order valence-electron chi connectivity index (χ0n) is 18.0. The van der Waals surface area contributed by atoms with Gasteiger partial charge in [-0.2, -0.15) is 4.31 Å². The van der Waals surface area contributed by atoms with E-state index >= 15 is 0 Å². The lowest BCUT2D eigenvalue weighted by Crippen LogP contribution is -2.37. The molecule has 0 aliphatic carbocycles. The number of nitrogens with zero attached hydrogens (tertiary/aromatic N) is 3. The summed E-state index contributed by atoms with van der Waals surface area (Å²) in [6.07, 6.45) is 0.943. The van der Waals surface area contributed by atoms with Crippen molar-refractivity contribution in [3.05, 3.63) is 66.1 Å². The highest BCUT2D eigenvalue weighted by Gasteiger charge is 2.28. The van der Waals surface area contributed by atoms with Gasteiger partial charge in [0.2, 0.25) is 15.9 Å². The van der Waals surface area contributed by atoms with Crippen molar-refractivity contribution in [1.82, 2.24) is 14.5 Å². The van der Waals surface area contributed by atoms with Gasteiger partial charge in [0, 0.05) is 18.7 Å². The number of carbonyl (C=O) groups excluding carboxylic acids is 1. The number of sulfonamides is 1. The Morgan fingerprint density at radius 1 is 1.06 bits per heavy atom. The van der Waals surface area contributed by atoms with Crippen molar-refractivity contribution in [3.63, 3.8) is 0 Å². The standard InChI is InChI=1S/C23H25N3O5S/c1-16-12-14-26(15-13-16)32(28,29)20-10-8-19(9-11-20)23(27)30-17(2)21-24-25-22(31-21)18-6-4-3-5-7-18/h3-11,16-17H,12-15H2,1-2H3. The van der Waals surface area contributed by atoms with Crippen LogP contribution in [-0.4, -0.2) is 42.0 Å². The summed E-state index contributed by atoms with van der Waals surface area (Å²) in [6.45, 7) is 4.79. The molecule has 3 aromatic rings. The highest BCUT2D eigenvalue weighted by atomic mass is 32.2. The Balaban J connectivity index is 1.41. The fraction of sp³-hybridized carbons (Fsp3) is 0.348. The molecule has 8 nitrogen and oxygen atoms in total. The van der Waals surface area contributed by atoms with Crippen molar-refractivity contribution in [2.24, 2.45) is 5.92 Å². The molecule has 1 atom stereocenters. The maximum absolute atomic E-state index is 12.8. The van der Waals surface area contributed by atoms with Crippen molar-refractivity contribution < 1.29 is 22.4 Å². The molecule has 1 aromatic heterocycles. The van der Waals surface area contributed by atoms with E-state index in [0.29, 0.717) is 24.9 Å². The quantitative estimate of drug-likeness (QED) is 0.516. The van der Waals surface area contributed by atoms with Gasteiger partial charge in [-0.15, -0.1) is 10.2 Å². The number of benzene rings is 2. The van der Waals surface area contributed by atoms with Crippen LogP contribution in [0.25, 0.3) is 11.5 Å². The molecule has 0 saturated carbocycles. The molecule has 1 saturated heterocycles. The number of piperidine rings is 1. The molecule has 0 radical (unpaired) electrons. The van der Waals surface area contributed by atoms with Crippen LogP contribution in [0.3, 0.4) is 0 Å². The number of carbonyl (C=O) groups is 1. The number of esters is 1. The van der Waals surface area contributed by atoms with Crippen LogP contribution in [0.2, 0.25) is 0 Å². The molecule has 1 aliphatic rings. The Morgan fingerprint density at radius 2 is 1.72 bits per heavy atom. The first kappa shape index (κ1) is 22.2. The molecule has 168 valence electrons. The molecule has 0 N–H and O–H groups in total. The average Bonchev–Trinajstić information content (AvgIpc) is 3.31. The maximum Gasteiger partial charge on any atom is 0.338 e. The van der Waals surface area contributed by atoms with Gasteiger partial charge < -0.3 is 9.15 Å². The van der Waals surface area contributed by atoms with Gasteiger partial charge in [-0.1, -0.05) is 25.1 Å². The molecule has 32 heavy (non-hydrogen) atoms. The van der Waals surface area contributed by atoms with Gasteiger partial charge >= 0.3 is 5.97 Å². The molecule has 2 aromatic carbocycles. The molecule has 0 spiro atoms. The molecule has 1 unspecified atom stereocenters. The van der Waals surface area contributed by atoms with E-state index in [2.05, 4.69) is 17.1 Å². The molecular weight excluding hydrogens is 430 g/mol. The number of aromatic nitrogens is 2. The minimum atomic E-state index is -3.57. The molecule has 9 heteroatoms. The molecule has 0 amide bonds. The molecule has 1 fully saturated rings. The van der Waals surface area contributed by atoms with Gasteiger partial charge in [0.25, 0.3) is 5.89 Å². The lowest BCUT2D eigenvalue weighted by molar-refractivity contribution is 0.0279. The predicted molar refractivity (Wildman–Crippen MR) is 117 cm³/mol. The minimum Gasteiger partial charge on any atom is -0.449 e. The van der Waals surface area contributed by atoms with Crippen molar-refractivity contribution >= 4 is 16.0 Å². The molecule has 2 heterocycles. The number of rotatable bonds is 6. The Bertz CT molecular complexity index is 1170. The summed E-state index contributed by atoms with van der Waals surface area (Å²) in [4.78, 5) is 12.7. The summed E-state index contributed by atoms with van der Waals surface area (Å²) in [5, 5.41) is 7.96. The topological polar surface area (TPSA) is 103 Å². The van der Waals surface area contributed by atoms with Crippen LogP contribution >= 0.6 is 0 Å². The van der Waals surface area contributed by atoms with Crippen LogP contribution in [0.5, 0.6) is 0 Å². The summed E-state index contributed by atoms with van der Waals surface area (Å²) in [6, 6.07) is 15.1. The largest absolute Gasteiger partial charge is 0.449 e. The fourth-order valence-electron chi connectivity index (χ4n) is 3.51. The van der Waals surface area contributed by atoms with Crippen LogP contribution in [-0.2, 0) is 14.8 Å². The first-order valence-electron chi connectivity index (χ1n) is 10.5. The first-order valence-corrected chi connectivity index (χ1v) is 12.0. The van der Waals surface area contributed by atoms with E-state index in [1.54, 1.807) is 6.92 Å². The highest BCUT2D eigenvalue weighted by Crippen LogP contribution is 2.25. The summed E-state index contributed by atoms with van der Waals surface area (Å²) in [7, 11) is -3.57. The van der Waals surface area contributed by atoms with Gasteiger partial charge in [-0.25, -0.2) is 13.2 Å². The molecular formula is C23H25N3O5S. The highest BCUT2D eigenvalue weighted by molar-refractivity contribution is 7.89.